The van der Waals surface area contributed by atoms with E-state index in [0.29, 0.717) is 12.8 Å². The number of fused-ring (bicyclic) bond motifs is 1. The van der Waals surface area contributed by atoms with E-state index in [-0.39, 0.29) is 29.8 Å². The van der Waals surface area contributed by atoms with Gasteiger partial charge in [-0.3, -0.25) is 9.59 Å². The maximum Gasteiger partial charge on any atom is 0.305 e. The van der Waals surface area contributed by atoms with Gasteiger partial charge in [-0.2, -0.15) is 5.10 Å². The molecule has 0 saturated heterocycles. The zero-order chi connectivity index (χ0) is 20.3. The van der Waals surface area contributed by atoms with Gasteiger partial charge in [-0.1, -0.05) is 31.5 Å². The van der Waals surface area contributed by atoms with Crippen LogP contribution in [0, 0.1) is 12.3 Å². The highest BCUT2D eigenvalue weighted by molar-refractivity contribution is 5.77. The first-order valence-corrected chi connectivity index (χ1v) is 9.79. The van der Waals surface area contributed by atoms with E-state index in [9.17, 15) is 9.59 Å². The van der Waals surface area contributed by atoms with E-state index >= 15 is 0 Å². The summed E-state index contributed by atoms with van der Waals surface area (Å²) in [7, 11) is 1.36. The Balaban J connectivity index is 1.77. The van der Waals surface area contributed by atoms with E-state index in [1.165, 1.54) is 12.7 Å². The number of aromatic nitrogens is 2. The van der Waals surface area contributed by atoms with E-state index < -0.39 is 0 Å². The summed E-state index contributed by atoms with van der Waals surface area (Å²) < 4.78 is 6.62. The van der Waals surface area contributed by atoms with E-state index in [1.807, 2.05) is 10.9 Å². The lowest BCUT2D eigenvalue weighted by Gasteiger charge is -2.36. The molecule has 0 unspecified atom stereocenters. The Morgan fingerprint density at radius 3 is 2.64 bits per heavy atom. The Kier molecular flexibility index (Phi) is 5.87. The fourth-order valence-electron chi connectivity index (χ4n) is 3.84. The molecule has 1 N–H and O–H groups in total. The van der Waals surface area contributed by atoms with Crippen LogP contribution in [0.1, 0.15) is 62.4 Å². The van der Waals surface area contributed by atoms with Gasteiger partial charge in [0.1, 0.15) is 0 Å². The van der Waals surface area contributed by atoms with Gasteiger partial charge in [0.25, 0.3) is 0 Å². The smallest absolute Gasteiger partial charge is 0.305 e. The molecule has 28 heavy (non-hydrogen) atoms. The average molecular weight is 383 g/mol. The molecule has 0 fully saturated rings. The number of carbonyl (C=O) groups excluding carboxylic acids is 2. The number of carbonyl (C=O) groups is 2. The Morgan fingerprint density at radius 2 is 1.96 bits per heavy atom. The number of ether oxygens (including phenoxy) is 1. The molecule has 1 aromatic heterocycles. The Morgan fingerprint density at radius 1 is 1.25 bits per heavy atom. The molecule has 0 spiro atoms. The molecule has 3 rings (SSSR count). The lowest BCUT2D eigenvalue weighted by atomic mass is 9.74. The second-order valence-electron chi connectivity index (χ2n) is 8.39. The van der Waals surface area contributed by atoms with Crippen molar-refractivity contribution < 1.29 is 14.3 Å². The van der Waals surface area contributed by atoms with Gasteiger partial charge >= 0.3 is 5.97 Å². The van der Waals surface area contributed by atoms with Gasteiger partial charge in [-0.15, -0.1) is 0 Å². The van der Waals surface area contributed by atoms with Gasteiger partial charge in [-0.05, 0) is 43.7 Å². The van der Waals surface area contributed by atoms with Crippen molar-refractivity contribution in [2.45, 2.75) is 58.9 Å². The van der Waals surface area contributed by atoms with Crippen molar-refractivity contribution in [3.8, 4) is 5.69 Å². The normalized spacial score (nSPS) is 17.6. The third kappa shape index (κ3) is 4.61. The third-order valence-electron chi connectivity index (χ3n) is 5.31. The number of benzene rings is 1. The molecule has 1 aliphatic carbocycles. The molecule has 2 aromatic rings. The predicted molar refractivity (Wildman–Crippen MR) is 107 cm³/mol. The summed E-state index contributed by atoms with van der Waals surface area (Å²) in [5.41, 5.74) is 4.54. The number of nitrogens with one attached hydrogen (secondary N) is 1. The van der Waals surface area contributed by atoms with Crippen molar-refractivity contribution in [3.63, 3.8) is 0 Å². The van der Waals surface area contributed by atoms with Gasteiger partial charge in [-0.25, -0.2) is 4.68 Å². The third-order valence-corrected chi connectivity index (χ3v) is 5.31. The maximum absolute atomic E-state index is 12.4. The van der Waals surface area contributed by atoms with Crippen LogP contribution in [0.2, 0.25) is 0 Å². The summed E-state index contributed by atoms with van der Waals surface area (Å²) in [5, 5.41) is 7.77. The number of amides is 1. The minimum atomic E-state index is -0.284. The first-order chi connectivity index (χ1) is 13.3. The summed E-state index contributed by atoms with van der Waals surface area (Å²) in [5.74, 6) is -0.325. The second-order valence-corrected chi connectivity index (χ2v) is 8.39. The number of aryl methyl sites for hydroxylation is 1. The molecule has 1 aliphatic rings. The summed E-state index contributed by atoms with van der Waals surface area (Å²) in [6, 6.07) is 8.24. The van der Waals surface area contributed by atoms with Gasteiger partial charge in [0.05, 0.1) is 30.7 Å². The molecule has 0 bridgehead atoms. The van der Waals surface area contributed by atoms with Crippen molar-refractivity contribution >= 4 is 11.9 Å². The van der Waals surface area contributed by atoms with Crippen LogP contribution >= 0.6 is 0 Å². The summed E-state index contributed by atoms with van der Waals surface area (Å²) in [6.07, 6.45) is 4.71. The molecule has 1 amide bonds. The van der Waals surface area contributed by atoms with Crippen LogP contribution in [0.15, 0.2) is 30.5 Å². The minimum Gasteiger partial charge on any atom is -0.469 e. The summed E-state index contributed by atoms with van der Waals surface area (Å²) in [6.45, 7) is 6.51. The van der Waals surface area contributed by atoms with Crippen LogP contribution in [-0.4, -0.2) is 28.8 Å². The highest BCUT2D eigenvalue weighted by atomic mass is 16.5. The largest absolute Gasteiger partial charge is 0.469 e. The van der Waals surface area contributed by atoms with Gasteiger partial charge in [0.15, 0.2) is 0 Å². The quantitative estimate of drug-likeness (QED) is 0.773. The van der Waals surface area contributed by atoms with Crippen molar-refractivity contribution in [1.82, 2.24) is 15.1 Å². The van der Waals surface area contributed by atoms with Crippen molar-refractivity contribution in [1.29, 1.82) is 0 Å². The first kappa shape index (κ1) is 20.1. The van der Waals surface area contributed by atoms with Gasteiger partial charge in [0.2, 0.25) is 5.91 Å². The van der Waals surface area contributed by atoms with Crippen molar-refractivity contribution in [3.05, 3.63) is 47.3 Å². The molecule has 1 aromatic carbocycles. The molecule has 0 radical (unpaired) electrons. The Hall–Kier alpha value is -2.63. The van der Waals surface area contributed by atoms with Crippen LogP contribution in [0.5, 0.6) is 0 Å². The fraction of sp³-hybridized carbons (Fsp3) is 0.500. The van der Waals surface area contributed by atoms with E-state index in [0.717, 1.165) is 29.8 Å². The van der Waals surface area contributed by atoms with Crippen LogP contribution in [0.4, 0.5) is 0 Å². The highest BCUT2D eigenvalue weighted by Gasteiger charge is 2.35. The molecule has 0 aliphatic heterocycles. The lowest BCUT2D eigenvalue weighted by molar-refractivity contribution is -0.140. The minimum absolute atomic E-state index is 0.0411. The monoisotopic (exact) mass is 383 g/mol. The number of rotatable bonds is 6. The standard InChI is InChI=1S/C22H29N3O3/c1-15-8-10-16(11-9-15)25-19-13-22(2,3)12-18(17(19)14-23-25)24-20(26)6-5-7-21(27)28-4/h8-11,14,18H,5-7,12-13H2,1-4H3,(H,24,26)/t18-/m0/s1. The van der Waals surface area contributed by atoms with Gasteiger partial charge in [0, 0.05) is 18.4 Å². The molecule has 0 saturated carbocycles. The maximum atomic E-state index is 12.4. The predicted octanol–water partition coefficient (Wildman–Crippen LogP) is 3.65. The molecule has 1 atom stereocenters. The van der Waals surface area contributed by atoms with Crippen molar-refractivity contribution in [2.24, 2.45) is 5.41 Å². The van der Waals surface area contributed by atoms with Crippen LogP contribution in [0.3, 0.4) is 0 Å². The van der Waals surface area contributed by atoms with E-state index in [2.05, 4.69) is 60.2 Å². The molecular weight excluding hydrogens is 354 g/mol. The number of hydrogen-bond acceptors (Lipinski definition) is 4. The van der Waals surface area contributed by atoms with E-state index in [4.69, 9.17) is 0 Å². The Labute approximate surface area is 166 Å². The molecule has 6 nitrogen and oxygen atoms in total. The molecule has 6 heteroatoms. The topological polar surface area (TPSA) is 73.2 Å². The number of methoxy groups -OCH3 is 1. The zero-order valence-corrected chi connectivity index (χ0v) is 17.1. The Bertz CT molecular complexity index is 852. The number of esters is 1. The zero-order valence-electron chi connectivity index (χ0n) is 17.1. The van der Waals surface area contributed by atoms with E-state index in [1.54, 1.807) is 0 Å². The summed E-state index contributed by atoms with van der Waals surface area (Å²) >= 11 is 0. The van der Waals surface area contributed by atoms with Gasteiger partial charge < -0.3 is 10.1 Å². The first-order valence-electron chi connectivity index (χ1n) is 9.79. The van der Waals surface area contributed by atoms with Crippen LogP contribution in [-0.2, 0) is 20.7 Å². The second kappa shape index (κ2) is 8.17. The lowest BCUT2D eigenvalue weighted by Crippen LogP contribution is -2.36. The van der Waals surface area contributed by atoms with Crippen LogP contribution < -0.4 is 5.32 Å². The van der Waals surface area contributed by atoms with Crippen LogP contribution in [0.25, 0.3) is 5.69 Å². The average Bonchev–Trinajstić information content (AvgIpc) is 3.04. The van der Waals surface area contributed by atoms with Crippen molar-refractivity contribution in [2.75, 3.05) is 7.11 Å². The number of nitrogens with zero attached hydrogens (tertiary/aromatic N) is 2. The SMILES string of the molecule is COC(=O)CCCC(=O)N[C@H]1CC(C)(C)Cc2c1cnn2-c1ccc(C)cc1. The summed E-state index contributed by atoms with van der Waals surface area (Å²) in [4.78, 5) is 23.7. The molecule has 1 heterocycles. The fourth-order valence-corrected chi connectivity index (χ4v) is 3.84. The molecular formula is C22H29N3O3. The molecule has 150 valence electrons. The number of hydrogen-bond donors (Lipinski definition) is 1. The highest BCUT2D eigenvalue weighted by Crippen LogP contribution is 2.41.